The molecular weight excluding hydrogens is 304 g/mol. The van der Waals surface area contributed by atoms with Gasteiger partial charge < -0.3 is 15.4 Å². The topological polar surface area (TPSA) is 38.5 Å². The molecule has 0 saturated carbocycles. The van der Waals surface area contributed by atoms with Crippen molar-refractivity contribution in [1.29, 1.82) is 0 Å². The fourth-order valence-corrected chi connectivity index (χ4v) is 2.39. The Morgan fingerprint density at radius 1 is 1.37 bits per heavy atom. The van der Waals surface area contributed by atoms with E-state index in [0.717, 1.165) is 37.1 Å². The zero-order valence-electron chi connectivity index (χ0n) is 12.2. The second kappa shape index (κ2) is 8.56. The van der Waals surface area contributed by atoms with Crippen LogP contribution in [0, 0.1) is 0 Å². The van der Waals surface area contributed by atoms with E-state index in [2.05, 4.69) is 53.0 Å². The summed E-state index contributed by atoms with van der Waals surface area (Å²) < 4.78 is 6.52. The lowest BCUT2D eigenvalue weighted by Gasteiger charge is -2.24. The van der Waals surface area contributed by atoms with Crippen LogP contribution < -0.4 is 10.6 Å². The average molecular weight is 329 g/mol. The minimum atomic E-state index is 0.216. The summed E-state index contributed by atoms with van der Waals surface area (Å²) in [6.07, 6.45) is 1.90. The molecule has 0 radical (unpaired) electrons. The lowest BCUT2D eigenvalue weighted by molar-refractivity contribution is 0.154. The number of halogens is 1. The van der Waals surface area contributed by atoms with E-state index >= 15 is 0 Å². The molecule has 2 N–H and O–H groups in total. The molecule has 0 heterocycles. The van der Waals surface area contributed by atoms with Crippen molar-refractivity contribution in [2.75, 3.05) is 31.7 Å². The van der Waals surface area contributed by atoms with Crippen LogP contribution in [-0.4, -0.2) is 32.8 Å². The van der Waals surface area contributed by atoms with Gasteiger partial charge in [-0.05, 0) is 43.5 Å². The number of ether oxygens (including phenoxy) is 1. The number of rotatable bonds is 8. The summed E-state index contributed by atoms with van der Waals surface area (Å²) in [6.45, 7) is 6.56. The fraction of sp³-hybridized carbons (Fsp3) is 0.600. The first-order chi connectivity index (χ1) is 9.08. The van der Waals surface area contributed by atoms with Crippen LogP contribution in [0.4, 0.5) is 5.69 Å². The lowest BCUT2D eigenvalue weighted by Crippen LogP contribution is -2.26. The highest BCUT2D eigenvalue weighted by Crippen LogP contribution is 2.25. The summed E-state index contributed by atoms with van der Waals surface area (Å²) in [5, 5.41) is 0. The van der Waals surface area contributed by atoms with Crippen LogP contribution in [0.1, 0.15) is 25.8 Å². The second-order valence-electron chi connectivity index (χ2n) is 4.76. The number of benzene rings is 1. The molecule has 0 aliphatic rings. The van der Waals surface area contributed by atoms with Crippen molar-refractivity contribution < 1.29 is 4.74 Å². The third-order valence-electron chi connectivity index (χ3n) is 3.23. The van der Waals surface area contributed by atoms with E-state index < -0.39 is 0 Å². The molecule has 0 aliphatic carbocycles. The molecule has 4 heteroatoms. The molecule has 108 valence electrons. The van der Waals surface area contributed by atoms with Gasteiger partial charge in [-0.15, -0.1) is 0 Å². The van der Waals surface area contributed by atoms with Gasteiger partial charge in [-0.25, -0.2) is 0 Å². The second-order valence-corrected chi connectivity index (χ2v) is 5.68. The largest absolute Gasteiger partial charge is 0.380 e. The van der Waals surface area contributed by atoms with Gasteiger partial charge in [-0.3, -0.25) is 0 Å². The van der Waals surface area contributed by atoms with Gasteiger partial charge in [0.2, 0.25) is 0 Å². The van der Waals surface area contributed by atoms with E-state index in [0.29, 0.717) is 0 Å². The molecular formula is C15H25BrN2O. The van der Waals surface area contributed by atoms with Gasteiger partial charge in [0.15, 0.2) is 0 Å². The van der Waals surface area contributed by atoms with Crippen LogP contribution in [0.25, 0.3) is 0 Å². The van der Waals surface area contributed by atoms with Gasteiger partial charge in [0.05, 0.1) is 6.61 Å². The predicted molar refractivity (Wildman–Crippen MR) is 85.9 cm³/mol. The fourth-order valence-electron chi connectivity index (χ4n) is 1.98. The van der Waals surface area contributed by atoms with Crippen LogP contribution in [0.15, 0.2) is 22.7 Å². The molecule has 0 bridgehead atoms. The van der Waals surface area contributed by atoms with E-state index in [4.69, 9.17) is 10.5 Å². The first kappa shape index (κ1) is 16.5. The zero-order valence-corrected chi connectivity index (χ0v) is 13.7. The average Bonchev–Trinajstić information content (AvgIpc) is 2.38. The summed E-state index contributed by atoms with van der Waals surface area (Å²) in [6, 6.07) is 6.61. The van der Waals surface area contributed by atoms with Gasteiger partial charge in [0.1, 0.15) is 0 Å². The lowest BCUT2D eigenvalue weighted by atomic mass is 10.0. The molecule has 0 aromatic heterocycles. The highest BCUT2D eigenvalue weighted by atomic mass is 79.9. The molecule has 0 saturated heterocycles. The van der Waals surface area contributed by atoms with Gasteiger partial charge >= 0.3 is 0 Å². The molecule has 3 nitrogen and oxygen atoms in total. The van der Waals surface area contributed by atoms with E-state index in [1.54, 1.807) is 0 Å². The Labute approximate surface area is 125 Å². The number of hydrogen-bond acceptors (Lipinski definition) is 3. The zero-order chi connectivity index (χ0) is 14.3. The Hall–Kier alpha value is -0.580. The number of anilines is 1. The smallest absolute Gasteiger partial charge is 0.0641 e. The Bertz CT molecular complexity index is 384. The summed E-state index contributed by atoms with van der Waals surface area (Å²) in [5.41, 5.74) is 8.62. The molecule has 19 heavy (non-hydrogen) atoms. The Morgan fingerprint density at radius 3 is 2.74 bits per heavy atom. The minimum Gasteiger partial charge on any atom is -0.380 e. The standard InChI is InChI=1S/C15H25BrN2O/c1-4-14(17)11-12-10-13(16)6-7-15(12)18(3)8-9-19-5-2/h6-7,10,14H,4-5,8-9,11,17H2,1-3H3. The van der Waals surface area contributed by atoms with Gasteiger partial charge in [0.25, 0.3) is 0 Å². The number of nitrogens with zero attached hydrogens (tertiary/aromatic N) is 1. The molecule has 1 rings (SSSR count). The van der Waals surface area contributed by atoms with Crippen LogP contribution >= 0.6 is 15.9 Å². The summed E-state index contributed by atoms with van der Waals surface area (Å²) in [4.78, 5) is 2.24. The normalized spacial score (nSPS) is 12.5. The number of hydrogen-bond donors (Lipinski definition) is 1. The van der Waals surface area contributed by atoms with Gasteiger partial charge in [-0.2, -0.15) is 0 Å². The van der Waals surface area contributed by atoms with Crippen molar-refractivity contribution in [3.05, 3.63) is 28.2 Å². The Kier molecular flexibility index (Phi) is 7.42. The maximum atomic E-state index is 6.09. The Balaban J connectivity index is 2.80. The molecule has 1 aromatic rings. The van der Waals surface area contributed by atoms with Crippen LogP contribution in [0.2, 0.25) is 0 Å². The van der Waals surface area contributed by atoms with Crippen molar-refractivity contribution in [3.63, 3.8) is 0 Å². The summed E-state index contributed by atoms with van der Waals surface area (Å²) >= 11 is 3.54. The van der Waals surface area contributed by atoms with Crippen molar-refractivity contribution in [1.82, 2.24) is 0 Å². The molecule has 1 unspecified atom stereocenters. The first-order valence-corrected chi connectivity index (χ1v) is 7.70. The quantitative estimate of drug-likeness (QED) is 0.745. The van der Waals surface area contributed by atoms with E-state index in [1.165, 1.54) is 11.3 Å². The van der Waals surface area contributed by atoms with Crippen LogP contribution in [-0.2, 0) is 11.2 Å². The maximum Gasteiger partial charge on any atom is 0.0641 e. The third-order valence-corrected chi connectivity index (χ3v) is 3.73. The van der Waals surface area contributed by atoms with Crippen LogP contribution in [0.5, 0.6) is 0 Å². The maximum absolute atomic E-state index is 6.09. The SMILES string of the molecule is CCOCCN(C)c1ccc(Br)cc1CC(N)CC. The first-order valence-electron chi connectivity index (χ1n) is 6.91. The van der Waals surface area contributed by atoms with E-state index in [9.17, 15) is 0 Å². The molecule has 1 atom stereocenters. The van der Waals surface area contributed by atoms with Crippen LogP contribution in [0.3, 0.4) is 0 Å². The number of likely N-dealkylation sites (N-methyl/N-ethyl adjacent to an activating group) is 1. The number of nitrogens with two attached hydrogens (primary N) is 1. The molecule has 1 aromatic carbocycles. The molecule has 0 fully saturated rings. The monoisotopic (exact) mass is 328 g/mol. The van der Waals surface area contributed by atoms with Gasteiger partial charge in [-0.1, -0.05) is 22.9 Å². The predicted octanol–water partition coefficient (Wildman–Crippen LogP) is 3.20. The van der Waals surface area contributed by atoms with Gasteiger partial charge in [0, 0.05) is 36.4 Å². The highest BCUT2D eigenvalue weighted by molar-refractivity contribution is 9.10. The van der Waals surface area contributed by atoms with Crippen molar-refractivity contribution >= 4 is 21.6 Å². The molecule has 0 spiro atoms. The summed E-state index contributed by atoms with van der Waals surface area (Å²) in [7, 11) is 2.10. The Morgan fingerprint density at radius 2 is 2.11 bits per heavy atom. The molecule has 0 amide bonds. The summed E-state index contributed by atoms with van der Waals surface area (Å²) in [5.74, 6) is 0. The van der Waals surface area contributed by atoms with Crippen molar-refractivity contribution in [2.45, 2.75) is 32.7 Å². The van der Waals surface area contributed by atoms with E-state index in [1.807, 2.05) is 6.92 Å². The third kappa shape index (κ3) is 5.51. The van der Waals surface area contributed by atoms with E-state index in [-0.39, 0.29) is 6.04 Å². The highest BCUT2D eigenvalue weighted by Gasteiger charge is 2.11. The molecule has 0 aliphatic heterocycles. The minimum absolute atomic E-state index is 0.216. The van der Waals surface area contributed by atoms with Crippen molar-refractivity contribution in [2.24, 2.45) is 5.73 Å². The van der Waals surface area contributed by atoms with Crippen molar-refractivity contribution in [3.8, 4) is 0 Å².